The third-order valence-electron chi connectivity index (χ3n) is 3.83. The van der Waals surface area contributed by atoms with E-state index in [1.54, 1.807) is 18.2 Å². The minimum atomic E-state index is -0.449. The maximum atomic E-state index is 14.1. The van der Waals surface area contributed by atoms with Gasteiger partial charge in [-0.25, -0.2) is 14.3 Å². The number of amides is 1. The number of para-hydroxylation sites is 1. The van der Waals surface area contributed by atoms with Crippen LogP contribution in [0.1, 0.15) is 16.7 Å². The molecular weight excluding hydrogens is 329 g/mol. The molecular formula is C18H19ClFN3O. The van der Waals surface area contributed by atoms with Crippen LogP contribution in [-0.2, 0) is 4.79 Å². The van der Waals surface area contributed by atoms with E-state index in [2.05, 4.69) is 22.4 Å². The Labute approximate surface area is 146 Å². The van der Waals surface area contributed by atoms with Crippen LogP contribution >= 0.6 is 12.4 Å². The number of carbonyl (C=O) groups is 1. The van der Waals surface area contributed by atoms with Gasteiger partial charge >= 0.3 is 0 Å². The van der Waals surface area contributed by atoms with Gasteiger partial charge in [0.25, 0.3) is 5.91 Å². The van der Waals surface area contributed by atoms with Crippen LogP contribution in [0.25, 0.3) is 0 Å². The van der Waals surface area contributed by atoms with Crippen molar-refractivity contribution in [3.8, 4) is 0 Å². The third-order valence-corrected chi connectivity index (χ3v) is 3.83. The Morgan fingerprint density at radius 2 is 1.75 bits per heavy atom. The molecule has 1 heterocycles. The zero-order valence-electron chi connectivity index (χ0n) is 13.8. The van der Waals surface area contributed by atoms with Crippen molar-refractivity contribution in [2.45, 2.75) is 20.8 Å². The molecule has 0 atom stereocenters. The van der Waals surface area contributed by atoms with Gasteiger partial charge in [-0.3, -0.25) is 4.79 Å². The molecule has 0 radical (unpaired) electrons. The number of rotatable bonds is 2. The van der Waals surface area contributed by atoms with Gasteiger partial charge in [0, 0.05) is 5.69 Å². The van der Waals surface area contributed by atoms with Crippen LogP contribution in [0.15, 0.2) is 41.4 Å². The fourth-order valence-corrected chi connectivity index (χ4v) is 2.87. The third kappa shape index (κ3) is 3.26. The van der Waals surface area contributed by atoms with E-state index in [9.17, 15) is 9.18 Å². The second kappa shape index (κ2) is 7.01. The van der Waals surface area contributed by atoms with E-state index in [1.807, 2.05) is 20.8 Å². The molecule has 0 bridgehead atoms. The smallest absolute Gasteiger partial charge is 0.255 e. The molecule has 0 aromatic heterocycles. The van der Waals surface area contributed by atoms with Gasteiger partial charge in [-0.05, 0) is 44.0 Å². The summed E-state index contributed by atoms with van der Waals surface area (Å²) in [6.07, 6.45) is 0. The number of guanidine groups is 1. The summed E-state index contributed by atoms with van der Waals surface area (Å²) in [7, 11) is 0. The highest BCUT2D eigenvalue weighted by molar-refractivity contribution is 6.25. The number of aliphatic imine (C=N–C) groups is 1. The van der Waals surface area contributed by atoms with Crippen molar-refractivity contribution in [3.63, 3.8) is 0 Å². The van der Waals surface area contributed by atoms with Gasteiger partial charge in [0.2, 0.25) is 5.96 Å². The molecule has 0 unspecified atom stereocenters. The van der Waals surface area contributed by atoms with Gasteiger partial charge in [0.1, 0.15) is 12.4 Å². The van der Waals surface area contributed by atoms with Crippen molar-refractivity contribution in [3.05, 3.63) is 58.9 Å². The molecule has 0 spiro atoms. The molecule has 0 fully saturated rings. The summed E-state index contributed by atoms with van der Waals surface area (Å²) in [4.78, 5) is 17.7. The molecule has 126 valence electrons. The molecule has 2 aromatic carbocycles. The summed E-state index contributed by atoms with van der Waals surface area (Å²) in [5.41, 5.74) is 4.38. The molecule has 1 aliphatic rings. The van der Waals surface area contributed by atoms with Crippen LogP contribution in [0.3, 0.4) is 0 Å². The van der Waals surface area contributed by atoms with E-state index in [1.165, 1.54) is 16.5 Å². The Hall–Kier alpha value is -2.40. The average molecular weight is 348 g/mol. The molecule has 6 heteroatoms. The number of halogens is 2. The first-order chi connectivity index (χ1) is 11.0. The van der Waals surface area contributed by atoms with Crippen molar-refractivity contribution in [1.29, 1.82) is 0 Å². The minimum absolute atomic E-state index is 0. The number of nitrogens with zero attached hydrogens (tertiary/aromatic N) is 2. The van der Waals surface area contributed by atoms with Crippen LogP contribution in [0, 0.1) is 26.6 Å². The van der Waals surface area contributed by atoms with Crippen LogP contribution in [0.4, 0.5) is 15.8 Å². The van der Waals surface area contributed by atoms with Crippen molar-refractivity contribution in [2.75, 3.05) is 16.8 Å². The van der Waals surface area contributed by atoms with E-state index in [0.29, 0.717) is 5.96 Å². The Morgan fingerprint density at radius 3 is 2.38 bits per heavy atom. The van der Waals surface area contributed by atoms with Gasteiger partial charge in [0.15, 0.2) is 0 Å². The van der Waals surface area contributed by atoms with E-state index < -0.39 is 5.82 Å². The second-order valence-corrected chi connectivity index (χ2v) is 5.72. The highest BCUT2D eigenvalue weighted by Crippen LogP contribution is 2.26. The summed E-state index contributed by atoms with van der Waals surface area (Å²) in [5, 5.41) is 3.20. The van der Waals surface area contributed by atoms with E-state index in [-0.39, 0.29) is 30.5 Å². The zero-order valence-corrected chi connectivity index (χ0v) is 14.6. The lowest BCUT2D eigenvalue weighted by Crippen LogP contribution is -2.37. The minimum Gasteiger partial charge on any atom is -0.325 e. The molecule has 2 aromatic rings. The molecule has 1 amide bonds. The number of hydrogen-bond acceptors (Lipinski definition) is 3. The fraction of sp³-hybridized carbons (Fsp3) is 0.222. The van der Waals surface area contributed by atoms with Crippen LogP contribution in [0.5, 0.6) is 0 Å². The monoisotopic (exact) mass is 347 g/mol. The Bertz CT molecular complexity index is 797. The van der Waals surface area contributed by atoms with Crippen LogP contribution < -0.4 is 10.2 Å². The van der Waals surface area contributed by atoms with Gasteiger partial charge in [-0.1, -0.05) is 29.8 Å². The predicted octanol–water partition coefficient (Wildman–Crippen LogP) is 3.99. The van der Waals surface area contributed by atoms with Crippen LogP contribution in [0.2, 0.25) is 0 Å². The lowest BCUT2D eigenvalue weighted by molar-refractivity contribution is -0.115. The topological polar surface area (TPSA) is 44.7 Å². The summed E-state index contributed by atoms with van der Waals surface area (Å²) < 4.78 is 14.1. The second-order valence-electron chi connectivity index (χ2n) is 5.72. The van der Waals surface area contributed by atoms with E-state index in [0.717, 1.165) is 16.8 Å². The largest absolute Gasteiger partial charge is 0.325 e. The molecule has 4 nitrogen and oxygen atoms in total. The summed E-state index contributed by atoms with van der Waals surface area (Å²) in [5.74, 6) is -0.343. The highest BCUT2D eigenvalue weighted by Gasteiger charge is 2.29. The number of aryl methyl sites for hydroxylation is 3. The Morgan fingerprint density at radius 1 is 1.12 bits per heavy atom. The van der Waals surface area contributed by atoms with E-state index >= 15 is 0 Å². The van der Waals surface area contributed by atoms with Crippen LogP contribution in [-0.4, -0.2) is 18.4 Å². The van der Waals surface area contributed by atoms with Gasteiger partial charge in [0.05, 0.1) is 5.69 Å². The molecule has 0 saturated heterocycles. The highest BCUT2D eigenvalue weighted by atomic mass is 35.5. The maximum absolute atomic E-state index is 14.1. The molecule has 24 heavy (non-hydrogen) atoms. The molecule has 1 N–H and O–H groups in total. The van der Waals surface area contributed by atoms with Gasteiger partial charge in [-0.15, -0.1) is 12.4 Å². The Balaban J connectivity index is 0.00000208. The van der Waals surface area contributed by atoms with Crippen molar-refractivity contribution < 1.29 is 9.18 Å². The quantitative estimate of drug-likeness (QED) is 0.892. The SMILES string of the molecule is Cc1cc(C)c(NC2=NCC(=O)N2c2ccccc2F)c(C)c1.Cl. The van der Waals surface area contributed by atoms with Crippen molar-refractivity contribution in [2.24, 2.45) is 4.99 Å². The zero-order chi connectivity index (χ0) is 16.6. The maximum Gasteiger partial charge on any atom is 0.255 e. The lowest BCUT2D eigenvalue weighted by atomic mass is 10.1. The Kier molecular flexibility index (Phi) is 5.24. The number of nitrogens with one attached hydrogen (secondary N) is 1. The first-order valence-corrected chi connectivity index (χ1v) is 7.44. The van der Waals surface area contributed by atoms with E-state index in [4.69, 9.17) is 0 Å². The first-order valence-electron chi connectivity index (χ1n) is 7.44. The summed E-state index contributed by atoms with van der Waals surface area (Å²) in [6, 6.07) is 10.3. The summed E-state index contributed by atoms with van der Waals surface area (Å²) in [6.45, 7) is 6.03. The average Bonchev–Trinajstić information content (AvgIpc) is 2.84. The number of benzene rings is 2. The predicted molar refractivity (Wildman–Crippen MR) is 97.7 cm³/mol. The van der Waals surface area contributed by atoms with Crippen molar-refractivity contribution in [1.82, 2.24) is 0 Å². The molecule has 0 aliphatic carbocycles. The van der Waals surface area contributed by atoms with Crippen molar-refractivity contribution >= 4 is 35.6 Å². The fourth-order valence-electron chi connectivity index (χ4n) is 2.87. The molecule has 1 aliphatic heterocycles. The van der Waals surface area contributed by atoms with Gasteiger partial charge < -0.3 is 5.32 Å². The number of hydrogen-bond donors (Lipinski definition) is 1. The molecule has 0 saturated carbocycles. The standard InChI is InChI=1S/C18H18FN3O.ClH/c1-11-8-12(2)17(13(3)9-11)21-18-20-10-16(23)22(18)15-7-5-4-6-14(15)19;/h4-9H,10H2,1-3H3,(H,20,21);1H. The lowest BCUT2D eigenvalue weighted by Gasteiger charge is -2.22. The number of carbonyl (C=O) groups excluding carboxylic acids is 1. The molecule has 3 rings (SSSR count). The number of anilines is 2. The van der Waals surface area contributed by atoms with Gasteiger partial charge in [-0.2, -0.15) is 0 Å². The summed E-state index contributed by atoms with van der Waals surface area (Å²) >= 11 is 0. The first kappa shape index (κ1) is 17.9. The normalized spacial score (nSPS) is 13.6.